The van der Waals surface area contributed by atoms with Gasteiger partial charge in [-0.1, -0.05) is 16.8 Å². The van der Waals surface area contributed by atoms with E-state index in [0.29, 0.717) is 30.5 Å². The second kappa shape index (κ2) is 10.7. The molecule has 1 N–H and O–H groups in total. The van der Waals surface area contributed by atoms with Gasteiger partial charge in [-0.25, -0.2) is 4.79 Å². The normalized spacial score (nSPS) is 16.1. The van der Waals surface area contributed by atoms with Crippen molar-refractivity contribution in [1.82, 2.24) is 15.0 Å². The van der Waals surface area contributed by atoms with Gasteiger partial charge in [-0.2, -0.15) is 4.98 Å². The minimum Gasteiger partial charge on any atom is -0.497 e. The van der Waals surface area contributed by atoms with E-state index < -0.39 is 5.97 Å². The maximum absolute atomic E-state index is 12.9. The Morgan fingerprint density at radius 3 is 2.74 bits per heavy atom. The number of nitrogens with one attached hydrogen (secondary N) is 1. The van der Waals surface area contributed by atoms with Crippen molar-refractivity contribution in [2.24, 2.45) is 5.92 Å². The highest BCUT2D eigenvalue weighted by atomic mass is 35.5. The summed E-state index contributed by atoms with van der Waals surface area (Å²) in [6.45, 7) is 1.85. The third-order valence-electron chi connectivity index (χ3n) is 5.69. The molecule has 4 rings (SSSR count). The Morgan fingerprint density at radius 2 is 2.00 bits per heavy atom. The van der Waals surface area contributed by atoms with Gasteiger partial charge in [0.25, 0.3) is 0 Å². The number of hydrogen-bond donors (Lipinski definition) is 1. The van der Waals surface area contributed by atoms with Crippen molar-refractivity contribution in [3.05, 3.63) is 58.9 Å². The molecular formula is C24H25ClN4O5. The van der Waals surface area contributed by atoms with Gasteiger partial charge < -0.3 is 19.3 Å². The number of hydrogen-bond acceptors (Lipinski definition) is 8. The number of methoxy groups -OCH3 is 2. The number of halogens is 1. The number of benzene rings is 2. The van der Waals surface area contributed by atoms with Crippen LogP contribution in [0.3, 0.4) is 0 Å². The fourth-order valence-electron chi connectivity index (χ4n) is 3.89. The smallest absolute Gasteiger partial charge is 0.339 e. The molecule has 1 aliphatic rings. The Labute approximate surface area is 202 Å². The molecule has 9 nitrogen and oxygen atoms in total. The molecule has 2 heterocycles. The van der Waals surface area contributed by atoms with Gasteiger partial charge in [0.05, 0.1) is 37.3 Å². The molecule has 1 amide bonds. The number of piperidine rings is 1. The first-order chi connectivity index (χ1) is 16.5. The van der Waals surface area contributed by atoms with E-state index in [9.17, 15) is 9.59 Å². The van der Waals surface area contributed by atoms with Crippen LogP contribution in [0, 0.1) is 5.92 Å². The summed E-state index contributed by atoms with van der Waals surface area (Å²) in [4.78, 5) is 31.4. The molecule has 0 saturated carbocycles. The first-order valence-corrected chi connectivity index (χ1v) is 11.2. The van der Waals surface area contributed by atoms with E-state index in [4.69, 9.17) is 25.6 Å². The minimum absolute atomic E-state index is 0.118. The molecule has 0 spiro atoms. The van der Waals surface area contributed by atoms with Crippen LogP contribution in [0.1, 0.15) is 29.1 Å². The Kier molecular flexibility index (Phi) is 7.44. The van der Waals surface area contributed by atoms with Crippen LogP contribution in [0.15, 0.2) is 47.0 Å². The van der Waals surface area contributed by atoms with E-state index in [1.54, 1.807) is 19.2 Å². The van der Waals surface area contributed by atoms with Crippen LogP contribution >= 0.6 is 11.6 Å². The highest BCUT2D eigenvalue weighted by Gasteiger charge is 2.27. The van der Waals surface area contributed by atoms with E-state index in [1.165, 1.54) is 13.2 Å². The first-order valence-electron chi connectivity index (χ1n) is 10.8. The standard InChI is InChI=1S/C24H25ClN4O5/c1-32-18-8-5-15(6-9-18)22-27-21(34-28-22)14-29-11-3-4-16(13-29)23(30)26-17-7-10-20(25)19(12-17)24(31)33-2/h5-10,12,16H,3-4,11,13-14H2,1-2H3,(H,26,30). The molecule has 1 aromatic heterocycles. The molecule has 1 unspecified atom stereocenters. The fourth-order valence-corrected chi connectivity index (χ4v) is 4.09. The summed E-state index contributed by atoms with van der Waals surface area (Å²) in [5.74, 6) is 0.867. The zero-order valence-corrected chi connectivity index (χ0v) is 19.7. The van der Waals surface area contributed by atoms with Gasteiger partial charge in [-0.15, -0.1) is 0 Å². The summed E-state index contributed by atoms with van der Waals surface area (Å²) in [5, 5.41) is 7.22. The van der Waals surface area contributed by atoms with Crippen LogP contribution < -0.4 is 10.1 Å². The summed E-state index contributed by atoms with van der Waals surface area (Å²) < 4.78 is 15.3. The van der Waals surface area contributed by atoms with Crippen molar-refractivity contribution in [2.75, 3.05) is 32.6 Å². The predicted octanol–water partition coefficient (Wildman–Crippen LogP) is 4.04. The molecule has 1 saturated heterocycles. The largest absolute Gasteiger partial charge is 0.497 e. The number of nitrogens with zero attached hydrogens (tertiary/aromatic N) is 3. The number of aromatic nitrogens is 2. The van der Waals surface area contributed by atoms with Gasteiger partial charge in [0.15, 0.2) is 0 Å². The highest BCUT2D eigenvalue weighted by Crippen LogP contribution is 2.25. The van der Waals surface area contributed by atoms with Crippen molar-refractivity contribution in [3.8, 4) is 17.1 Å². The average Bonchev–Trinajstić information content (AvgIpc) is 3.33. The van der Waals surface area contributed by atoms with Crippen molar-refractivity contribution in [3.63, 3.8) is 0 Å². The second-order valence-corrected chi connectivity index (χ2v) is 8.40. The maximum atomic E-state index is 12.9. The molecule has 0 aliphatic carbocycles. The van der Waals surface area contributed by atoms with E-state index in [1.807, 2.05) is 24.3 Å². The number of amides is 1. The monoisotopic (exact) mass is 484 g/mol. The first kappa shape index (κ1) is 23.7. The van der Waals surface area contributed by atoms with Crippen LogP contribution in [0.2, 0.25) is 5.02 Å². The lowest BCUT2D eigenvalue weighted by Gasteiger charge is -2.30. The molecule has 1 fully saturated rings. The molecule has 0 bridgehead atoms. The second-order valence-electron chi connectivity index (χ2n) is 7.99. The molecule has 2 aromatic carbocycles. The summed E-state index contributed by atoms with van der Waals surface area (Å²) in [6, 6.07) is 12.2. The van der Waals surface area contributed by atoms with Gasteiger partial charge in [0.1, 0.15) is 5.75 Å². The van der Waals surface area contributed by atoms with Gasteiger partial charge in [0.2, 0.25) is 17.6 Å². The molecule has 34 heavy (non-hydrogen) atoms. The Bertz CT molecular complexity index is 1160. The fraction of sp³-hybridized carbons (Fsp3) is 0.333. The van der Waals surface area contributed by atoms with Crippen LogP contribution in [0.5, 0.6) is 5.75 Å². The Morgan fingerprint density at radius 1 is 1.21 bits per heavy atom. The lowest BCUT2D eigenvalue weighted by molar-refractivity contribution is -0.121. The van der Waals surface area contributed by atoms with Crippen LogP contribution in [0.25, 0.3) is 11.4 Å². The highest BCUT2D eigenvalue weighted by molar-refractivity contribution is 6.33. The van der Waals surface area contributed by atoms with Gasteiger partial charge >= 0.3 is 5.97 Å². The topological polar surface area (TPSA) is 107 Å². The predicted molar refractivity (Wildman–Crippen MR) is 126 cm³/mol. The van der Waals surface area contributed by atoms with Crippen molar-refractivity contribution < 1.29 is 23.6 Å². The van der Waals surface area contributed by atoms with Crippen molar-refractivity contribution in [1.29, 1.82) is 0 Å². The lowest BCUT2D eigenvalue weighted by Crippen LogP contribution is -2.40. The number of esters is 1. The van der Waals surface area contributed by atoms with Crippen LogP contribution in [0.4, 0.5) is 5.69 Å². The third-order valence-corrected chi connectivity index (χ3v) is 6.02. The molecule has 178 valence electrons. The number of carbonyl (C=O) groups is 2. The Hall–Kier alpha value is -3.43. The number of anilines is 1. The molecule has 1 aliphatic heterocycles. The quantitative estimate of drug-likeness (QED) is 0.501. The zero-order chi connectivity index (χ0) is 24.1. The molecule has 10 heteroatoms. The van der Waals surface area contributed by atoms with Crippen molar-refractivity contribution in [2.45, 2.75) is 19.4 Å². The van der Waals surface area contributed by atoms with E-state index in [0.717, 1.165) is 30.7 Å². The molecule has 0 radical (unpaired) electrons. The molecule has 1 atom stereocenters. The van der Waals surface area contributed by atoms with Gasteiger partial charge in [0, 0.05) is 17.8 Å². The Balaban J connectivity index is 1.36. The summed E-state index contributed by atoms with van der Waals surface area (Å²) in [5.41, 5.74) is 1.53. The van der Waals surface area contributed by atoms with Crippen molar-refractivity contribution >= 4 is 29.2 Å². The van der Waals surface area contributed by atoms with E-state index >= 15 is 0 Å². The SMILES string of the molecule is COC(=O)c1cc(NC(=O)C2CCCN(Cc3nc(-c4ccc(OC)cc4)no3)C2)ccc1Cl. The minimum atomic E-state index is -0.557. The maximum Gasteiger partial charge on any atom is 0.339 e. The number of rotatable bonds is 7. The van der Waals surface area contributed by atoms with Crippen LogP contribution in [-0.4, -0.2) is 54.2 Å². The van der Waals surface area contributed by atoms with Gasteiger partial charge in [-0.05, 0) is 61.9 Å². The third kappa shape index (κ3) is 5.55. The molecular weight excluding hydrogens is 460 g/mol. The number of ether oxygens (including phenoxy) is 2. The van der Waals surface area contributed by atoms with E-state index in [2.05, 4.69) is 20.4 Å². The number of carbonyl (C=O) groups excluding carboxylic acids is 2. The van der Waals surface area contributed by atoms with Crippen LogP contribution in [-0.2, 0) is 16.1 Å². The zero-order valence-electron chi connectivity index (χ0n) is 18.9. The molecule has 3 aromatic rings. The summed E-state index contributed by atoms with van der Waals surface area (Å²) in [7, 11) is 2.90. The lowest BCUT2D eigenvalue weighted by atomic mass is 9.97. The summed E-state index contributed by atoms with van der Waals surface area (Å²) in [6.07, 6.45) is 1.63. The number of likely N-dealkylation sites (tertiary alicyclic amines) is 1. The van der Waals surface area contributed by atoms with Gasteiger partial charge in [-0.3, -0.25) is 9.69 Å². The average molecular weight is 485 g/mol. The van der Waals surface area contributed by atoms with E-state index in [-0.39, 0.29) is 22.4 Å². The summed E-state index contributed by atoms with van der Waals surface area (Å²) >= 11 is 6.06.